The molecule has 1 rings (SSSR count). The molecule has 0 bridgehead atoms. The van der Waals surface area contributed by atoms with Gasteiger partial charge in [0.15, 0.2) is 0 Å². The van der Waals surface area contributed by atoms with E-state index in [1.165, 1.54) is 5.56 Å². The summed E-state index contributed by atoms with van der Waals surface area (Å²) in [6.07, 6.45) is 3.68. The highest BCUT2D eigenvalue weighted by Gasteiger charge is 2.18. The van der Waals surface area contributed by atoms with E-state index in [1.807, 2.05) is 18.2 Å². The molecule has 0 aliphatic carbocycles. The number of aliphatic carboxylic acids is 1. The van der Waals surface area contributed by atoms with Crippen LogP contribution >= 0.6 is 11.6 Å². The van der Waals surface area contributed by atoms with E-state index < -0.39 is 11.9 Å². The van der Waals surface area contributed by atoms with Gasteiger partial charge in [-0.2, -0.15) is 0 Å². The number of aryl methyl sites for hydroxylation is 1. The number of rotatable bonds is 8. The second-order valence-corrected chi connectivity index (χ2v) is 5.57. The fourth-order valence-corrected chi connectivity index (χ4v) is 2.46. The highest BCUT2D eigenvalue weighted by Crippen LogP contribution is 2.19. The quantitative estimate of drug-likeness (QED) is 0.769. The molecule has 2 atom stereocenters. The van der Waals surface area contributed by atoms with Gasteiger partial charge in [0.05, 0.1) is 5.92 Å². The van der Waals surface area contributed by atoms with E-state index in [0.29, 0.717) is 12.3 Å². The molecule has 0 amide bonds. The van der Waals surface area contributed by atoms with Crippen LogP contribution in [-0.4, -0.2) is 17.6 Å². The van der Waals surface area contributed by atoms with Crippen LogP contribution in [0, 0.1) is 11.8 Å². The lowest BCUT2D eigenvalue weighted by molar-refractivity contribution is -0.141. The number of carbonyl (C=O) groups is 1. The Kier molecular flexibility index (Phi) is 6.89. The maximum absolute atomic E-state index is 10.9. The minimum Gasteiger partial charge on any atom is -0.481 e. The SMILES string of the molecule is CC(CCCc1cccc(Cl)c1)CC(CN)C(=O)O. The van der Waals surface area contributed by atoms with Crippen LogP contribution in [0.4, 0.5) is 0 Å². The zero-order chi connectivity index (χ0) is 14.3. The van der Waals surface area contributed by atoms with Crippen molar-refractivity contribution in [2.75, 3.05) is 6.54 Å². The van der Waals surface area contributed by atoms with Crippen LogP contribution in [0.1, 0.15) is 31.7 Å². The van der Waals surface area contributed by atoms with Crippen LogP contribution in [0.3, 0.4) is 0 Å². The lowest BCUT2D eigenvalue weighted by atomic mass is 9.91. The normalized spacial score (nSPS) is 14.1. The van der Waals surface area contributed by atoms with E-state index in [9.17, 15) is 4.79 Å². The molecule has 3 N–H and O–H groups in total. The topological polar surface area (TPSA) is 63.3 Å². The van der Waals surface area contributed by atoms with E-state index in [-0.39, 0.29) is 6.54 Å². The zero-order valence-electron chi connectivity index (χ0n) is 11.3. The molecule has 0 fully saturated rings. The number of carboxylic acids is 1. The fourth-order valence-electron chi connectivity index (χ4n) is 2.25. The van der Waals surface area contributed by atoms with Crippen LogP contribution in [0.15, 0.2) is 24.3 Å². The van der Waals surface area contributed by atoms with Crippen molar-refractivity contribution in [3.63, 3.8) is 0 Å². The van der Waals surface area contributed by atoms with Crippen molar-refractivity contribution in [2.24, 2.45) is 17.6 Å². The van der Waals surface area contributed by atoms with Gasteiger partial charge < -0.3 is 10.8 Å². The van der Waals surface area contributed by atoms with Crippen molar-refractivity contribution in [2.45, 2.75) is 32.6 Å². The predicted octanol–water partition coefficient (Wildman–Crippen LogP) is 3.35. The van der Waals surface area contributed by atoms with Crippen LogP contribution in [-0.2, 0) is 11.2 Å². The van der Waals surface area contributed by atoms with Gasteiger partial charge in [-0.05, 0) is 42.9 Å². The van der Waals surface area contributed by atoms with E-state index >= 15 is 0 Å². The summed E-state index contributed by atoms with van der Waals surface area (Å²) < 4.78 is 0. The molecule has 0 aliphatic heterocycles. The summed E-state index contributed by atoms with van der Waals surface area (Å²) in [6.45, 7) is 2.30. The monoisotopic (exact) mass is 283 g/mol. The molecule has 1 aromatic rings. The van der Waals surface area contributed by atoms with Crippen molar-refractivity contribution in [1.29, 1.82) is 0 Å². The largest absolute Gasteiger partial charge is 0.481 e. The lowest BCUT2D eigenvalue weighted by Gasteiger charge is -2.16. The average Bonchev–Trinajstić information content (AvgIpc) is 2.35. The smallest absolute Gasteiger partial charge is 0.307 e. The summed E-state index contributed by atoms with van der Waals surface area (Å²) in [5.41, 5.74) is 6.69. The fraction of sp³-hybridized carbons (Fsp3) is 0.533. The Labute approximate surface area is 119 Å². The Morgan fingerprint density at radius 3 is 2.79 bits per heavy atom. The molecular weight excluding hydrogens is 262 g/mol. The average molecular weight is 284 g/mol. The molecule has 0 aromatic heterocycles. The molecule has 0 heterocycles. The molecule has 1 aromatic carbocycles. The first-order chi connectivity index (χ1) is 9.02. The maximum Gasteiger partial charge on any atom is 0.307 e. The summed E-state index contributed by atoms with van der Waals surface area (Å²) >= 11 is 5.93. The van der Waals surface area contributed by atoms with Gasteiger partial charge in [0.1, 0.15) is 0 Å². The van der Waals surface area contributed by atoms with Crippen LogP contribution in [0.2, 0.25) is 5.02 Å². The van der Waals surface area contributed by atoms with Crippen molar-refractivity contribution in [3.05, 3.63) is 34.9 Å². The Morgan fingerprint density at radius 2 is 2.21 bits per heavy atom. The van der Waals surface area contributed by atoms with E-state index in [1.54, 1.807) is 0 Å². The predicted molar refractivity (Wildman–Crippen MR) is 78.4 cm³/mol. The molecule has 106 valence electrons. The summed E-state index contributed by atoms with van der Waals surface area (Å²) in [7, 11) is 0. The number of benzene rings is 1. The number of hydrogen-bond acceptors (Lipinski definition) is 2. The van der Waals surface area contributed by atoms with Crippen molar-refractivity contribution >= 4 is 17.6 Å². The van der Waals surface area contributed by atoms with Crippen LogP contribution in [0.25, 0.3) is 0 Å². The second-order valence-electron chi connectivity index (χ2n) is 5.13. The third kappa shape index (κ3) is 6.08. The van der Waals surface area contributed by atoms with Gasteiger partial charge in [-0.1, -0.05) is 37.1 Å². The summed E-state index contributed by atoms with van der Waals surface area (Å²) in [6, 6.07) is 7.87. The maximum atomic E-state index is 10.9. The minimum absolute atomic E-state index is 0.216. The van der Waals surface area contributed by atoms with Gasteiger partial charge >= 0.3 is 5.97 Å². The number of halogens is 1. The molecule has 0 aliphatic rings. The molecule has 0 saturated heterocycles. The summed E-state index contributed by atoms with van der Waals surface area (Å²) in [4.78, 5) is 10.9. The van der Waals surface area contributed by atoms with E-state index in [4.69, 9.17) is 22.4 Å². The van der Waals surface area contributed by atoms with Gasteiger partial charge in [0.2, 0.25) is 0 Å². The number of carboxylic acid groups (broad SMARTS) is 1. The van der Waals surface area contributed by atoms with Gasteiger partial charge in [0.25, 0.3) is 0 Å². The van der Waals surface area contributed by atoms with Crippen molar-refractivity contribution in [1.82, 2.24) is 0 Å². The number of hydrogen-bond donors (Lipinski definition) is 2. The van der Waals surface area contributed by atoms with Gasteiger partial charge in [-0.15, -0.1) is 0 Å². The van der Waals surface area contributed by atoms with E-state index in [2.05, 4.69) is 13.0 Å². The molecule has 0 spiro atoms. The van der Waals surface area contributed by atoms with E-state index in [0.717, 1.165) is 24.3 Å². The Hall–Kier alpha value is -1.06. The molecule has 4 heteroatoms. The minimum atomic E-state index is -0.788. The third-order valence-electron chi connectivity index (χ3n) is 3.37. The van der Waals surface area contributed by atoms with Crippen LogP contribution < -0.4 is 5.73 Å². The number of nitrogens with two attached hydrogens (primary N) is 1. The third-order valence-corrected chi connectivity index (χ3v) is 3.61. The first-order valence-electron chi connectivity index (χ1n) is 6.70. The Balaban J connectivity index is 2.30. The Bertz CT molecular complexity index is 409. The van der Waals surface area contributed by atoms with Crippen LogP contribution in [0.5, 0.6) is 0 Å². The zero-order valence-corrected chi connectivity index (χ0v) is 12.1. The highest BCUT2D eigenvalue weighted by atomic mass is 35.5. The molecule has 19 heavy (non-hydrogen) atoms. The van der Waals surface area contributed by atoms with Crippen molar-refractivity contribution < 1.29 is 9.90 Å². The second kappa shape index (κ2) is 8.18. The lowest BCUT2D eigenvalue weighted by Crippen LogP contribution is -2.25. The van der Waals surface area contributed by atoms with Gasteiger partial charge in [-0.25, -0.2) is 0 Å². The molecular formula is C15H22ClNO2. The standard InChI is InChI=1S/C15H22ClNO2/c1-11(8-13(10-17)15(18)19)4-2-5-12-6-3-7-14(16)9-12/h3,6-7,9,11,13H,2,4-5,8,10,17H2,1H3,(H,18,19). The first-order valence-corrected chi connectivity index (χ1v) is 7.08. The molecule has 2 unspecified atom stereocenters. The summed E-state index contributed by atoms with van der Waals surface area (Å²) in [5, 5.41) is 9.72. The summed E-state index contributed by atoms with van der Waals surface area (Å²) in [5.74, 6) is -0.825. The molecule has 3 nitrogen and oxygen atoms in total. The van der Waals surface area contributed by atoms with Gasteiger partial charge in [-0.3, -0.25) is 4.79 Å². The highest BCUT2D eigenvalue weighted by molar-refractivity contribution is 6.30. The Morgan fingerprint density at radius 1 is 1.47 bits per heavy atom. The first kappa shape index (κ1) is 16.0. The van der Waals surface area contributed by atoms with Crippen molar-refractivity contribution in [3.8, 4) is 0 Å². The van der Waals surface area contributed by atoms with Gasteiger partial charge in [0, 0.05) is 11.6 Å². The molecule has 0 radical (unpaired) electrons. The molecule has 0 saturated carbocycles.